The summed E-state index contributed by atoms with van der Waals surface area (Å²) in [5.74, 6) is 1.97. The van der Waals surface area contributed by atoms with E-state index in [1.165, 1.54) is 6.33 Å². The van der Waals surface area contributed by atoms with Crippen molar-refractivity contribution in [2.24, 2.45) is 0 Å². The van der Waals surface area contributed by atoms with Crippen LogP contribution in [0.2, 0.25) is 10.6 Å². The Kier molecular flexibility index (Phi) is 3.72. The Morgan fingerprint density at radius 3 is 3.05 bits per heavy atom. The Morgan fingerprint density at radius 2 is 2.38 bits per heavy atom. The van der Waals surface area contributed by atoms with Gasteiger partial charge in [0.2, 0.25) is 0 Å². The Labute approximate surface area is 125 Å². The summed E-state index contributed by atoms with van der Waals surface area (Å²) in [4.78, 5) is 22.1. The molecule has 1 saturated heterocycles. The number of fused-ring (bicyclic) bond motifs is 1. The van der Waals surface area contributed by atoms with Crippen LogP contribution in [0.3, 0.4) is 0 Å². The van der Waals surface area contributed by atoms with Gasteiger partial charge in [-0.1, -0.05) is 0 Å². The van der Waals surface area contributed by atoms with E-state index in [2.05, 4.69) is 15.0 Å². The van der Waals surface area contributed by atoms with Crippen LogP contribution in [0.25, 0.3) is 11.2 Å². The maximum atomic E-state index is 11.8. The number of aliphatic hydroxyl groups excluding tert-OH is 2. The van der Waals surface area contributed by atoms with Crippen LogP contribution >= 0.6 is 0 Å². The molecular formula is C11H15N5O4Se. The molecule has 0 saturated carbocycles. The van der Waals surface area contributed by atoms with Gasteiger partial charge in [-0.05, 0) is 0 Å². The third-order valence-electron chi connectivity index (χ3n) is 3.49. The fraction of sp³-hybridized carbons (Fsp3) is 0.545. The zero-order valence-electron chi connectivity index (χ0n) is 11.1. The topological polar surface area (TPSA) is 139 Å². The molecule has 114 valence electrons. The second kappa shape index (κ2) is 5.39. The molecule has 1 unspecified atom stereocenters. The number of nitrogens with one attached hydrogen (secondary N) is 1. The first-order valence-electron chi connectivity index (χ1n) is 6.26. The van der Waals surface area contributed by atoms with Crippen molar-refractivity contribution in [3.63, 3.8) is 0 Å². The predicted octanol–water partition coefficient (Wildman–Crippen LogP) is -1.51. The van der Waals surface area contributed by atoms with Crippen molar-refractivity contribution in [1.82, 2.24) is 19.5 Å². The number of hydrogen-bond acceptors (Lipinski definition) is 7. The van der Waals surface area contributed by atoms with Crippen LogP contribution < -0.4 is 11.3 Å². The number of ether oxygens (including phenoxy) is 1. The van der Waals surface area contributed by atoms with Crippen molar-refractivity contribution in [1.29, 1.82) is 0 Å². The standard InChI is InChI=1S/C11H15N5O4Se/c1-21-7-6(18)4(2-17)20-10(7)16-3-13-5-8(16)14-11(12)15-9(5)19/h3-4,6-7,10,17-18H,2H2,1H3,(H3,12,14,15,19)/t4-,6+,7?,10-/m1/s1. The molecule has 0 aliphatic carbocycles. The molecule has 21 heavy (non-hydrogen) atoms. The first kappa shape index (κ1) is 14.5. The molecule has 5 N–H and O–H groups in total. The van der Waals surface area contributed by atoms with Gasteiger partial charge in [-0.15, -0.1) is 0 Å². The molecule has 10 heteroatoms. The molecule has 0 aromatic carbocycles. The molecule has 1 aliphatic rings. The monoisotopic (exact) mass is 361 g/mol. The summed E-state index contributed by atoms with van der Waals surface area (Å²) in [6.07, 6.45) is -0.497. The van der Waals surface area contributed by atoms with Crippen LogP contribution in [-0.2, 0) is 4.74 Å². The fourth-order valence-electron chi connectivity index (χ4n) is 2.48. The summed E-state index contributed by atoms with van der Waals surface area (Å²) in [6.45, 7) is -0.271. The van der Waals surface area contributed by atoms with Crippen LogP contribution in [-0.4, -0.2) is 63.5 Å². The Bertz CT molecular complexity index is 716. The van der Waals surface area contributed by atoms with Gasteiger partial charge in [0, 0.05) is 0 Å². The fourth-order valence-corrected chi connectivity index (χ4v) is 4.33. The Hall–Kier alpha value is -1.45. The predicted molar refractivity (Wildman–Crippen MR) is 74.9 cm³/mol. The van der Waals surface area contributed by atoms with Gasteiger partial charge in [0.1, 0.15) is 0 Å². The van der Waals surface area contributed by atoms with Crippen molar-refractivity contribution >= 4 is 32.1 Å². The zero-order chi connectivity index (χ0) is 15.1. The van der Waals surface area contributed by atoms with E-state index in [0.717, 1.165) is 0 Å². The van der Waals surface area contributed by atoms with Gasteiger partial charge in [0.05, 0.1) is 0 Å². The summed E-state index contributed by atoms with van der Waals surface area (Å²) >= 11 is 0.0668. The van der Waals surface area contributed by atoms with E-state index in [-0.39, 0.29) is 37.8 Å². The first-order valence-corrected chi connectivity index (χ1v) is 8.96. The maximum absolute atomic E-state index is 11.8. The molecule has 4 atom stereocenters. The SMILES string of the molecule is C[Se]C1[C@@H](O)[C@@H](CO)O[C@H]1n1cnc2c(=O)[nH]c(N)nc21. The van der Waals surface area contributed by atoms with Crippen LogP contribution in [0, 0.1) is 0 Å². The number of nitrogen functional groups attached to an aromatic ring is 1. The second-order valence-electron chi connectivity index (χ2n) is 4.71. The molecule has 3 rings (SSSR count). The van der Waals surface area contributed by atoms with Crippen molar-refractivity contribution in [2.45, 2.75) is 29.1 Å². The number of aliphatic hydroxyl groups is 2. The van der Waals surface area contributed by atoms with Crippen molar-refractivity contribution in [3.8, 4) is 0 Å². The van der Waals surface area contributed by atoms with Gasteiger partial charge in [0.15, 0.2) is 0 Å². The normalized spacial score (nSPS) is 29.3. The summed E-state index contributed by atoms with van der Waals surface area (Å²) in [7, 11) is 0. The average molecular weight is 360 g/mol. The third kappa shape index (κ3) is 2.25. The van der Waals surface area contributed by atoms with Crippen LogP contribution in [0.5, 0.6) is 0 Å². The van der Waals surface area contributed by atoms with Crippen molar-refractivity contribution < 1.29 is 14.9 Å². The third-order valence-corrected chi connectivity index (χ3v) is 5.71. The van der Waals surface area contributed by atoms with E-state index >= 15 is 0 Å². The van der Waals surface area contributed by atoms with Gasteiger partial charge in [0.25, 0.3) is 0 Å². The number of anilines is 1. The second-order valence-corrected chi connectivity index (χ2v) is 6.84. The summed E-state index contributed by atoms with van der Waals surface area (Å²) in [5.41, 5.74) is 5.61. The van der Waals surface area contributed by atoms with E-state index in [0.29, 0.717) is 5.65 Å². The summed E-state index contributed by atoms with van der Waals surface area (Å²) in [5, 5.41) is 19.5. The number of rotatable bonds is 3. The van der Waals surface area contributed by atoms with E-state index in [1.807, 2.05) is 5.82 Å². The van der Waals surface area contributed by atoms with Crippen LogP contribution in [0.4, 0.5) is 5.95 Å². The average Bonchev–Trinajstić information content (AvgIpc) is 2.99. The zero-order valence-corrected chi connectivity index (χ0v) is 12.8. The van der Waals surface area contributed by atoms with E-state index in [1.54, 1.807) is 4.57 Å². The molecular weight excluding hydrogens is 345 g/mol. The molecule has 2 aromatic heterocycles. The Balaban J connectivity index is 2.10. The molecule has 0 spiro atoms. The molecule has 1 aliphatic heterocycles. The summed E-state index contributed by atoms with van der Waals surface area (Å²) < 4.78 is 7.30. The van der Waals surface area contributed by atoms with Gasteiger partial charge in [-0.25, -0.2) is 0 Å². The number of aromatic amines is 1. The van der Waals surface area contributed by atoms with E-state index in [4.69, 9.17) is 10.5 Å². The molecule has 9 nitrogen and oxygen atoms in total. The van der Waals surface area contributed by atoms with Gasteiger partial charge in [-0.2, -0.15) is 0 Å². The van der Waals surface area contributed by atoms with Crippen molar-refractivity contribution in [3.05, 3.63) is 16.7 Å². The molecule has 0 radical (unpaired) electrons. The molecule has 0 bridgehead atoms. The minimum atomic E-state index is -0.762. The number of nitrogens with zero attached hydrogens (tertiary/aromatic N) is 3. The molecule has 3 heterocycles. The van der Waals surface area contributed by atoms with Gasteiger partial charge >= 0.3 is 125 Å². The van der Waals surface area contributed by atoms with E-state index < -0.39 is 24.0 Å². The number of H-pyrrole nitrogens is 1. The van der Waals surface area contributed by atoms with Gasteiger partial charge < -0.3 is 0 Å². The number of hydrogen-bond donors (Lipinski definition) is 4. The van der Waals surface area contributed by atoms with Crippen LogP contribution in [0.15, 0.2) is 11.1 Å². The van der Waals surface area contributed by atoms with E-state index in [9.17, 15) is 15.0 Å². The number of aromatic nitrogens is 4. The Morgan fingerprint density at radius 1 is 1.62 bits per heavy atom. The molecule has 1 fully saturated rings. The van der Waals surface area contributed by atoms with Crippen molar-refractivity contribution in [2.75, 3.05) is 12.3 Å². The molecule has 0 amide bonds. The molecule has 2 aromatic rings. The van der Waals surface area contributed by atoms with Crippen LogP contribution in [0.1, 0.15) is 6.23 Å². The summed E-state index contributed by atoms with van der Waals surface area (Å²) in [6, 6.07) is 0. The number of nitrogens with two attached hydrogens (primary N) is 1. The quantitative estimate of drug-likeness (QED) is 0.488. The minimum absolute atomic E-state index is 0.00920. The van der Waals surface area contributed by atoms with Gasteiger partial charge in [-0.3, -0.25) is 0 Å². The number of imidazole rings is 1. The first-order chi connectivity index (χ1) is 10.1.